The minimum atomic E-state index is 0.691. The van der Waals surface area contributed by atoms with Crippen LogP contribution in [0.3, 0.4) is 0 Å². The Morgan fingerprint density at radius 2 is 1.38 bits per heavy atom. The number of thiophene rings is 1. The Labute approximate surface area is 216 Å². The maximum atomic E-state index is 5.21. The summed E-state index contributed by atoms with van der Waals surface area (Å²) in [5.41, 5.74) is 7.56. The molecule has 0 aliphatic carbocycles. The fourth-order valence-electron chi connectivity index (χ4n) is 5.44. The number of hydrogen-bond donors (Lipinski definition) is 0. The summed E-state index contributed by atoms with van der Waals surface area (Å²) in [7, 11) is 0. The first-order valence-corrected chi connectivity index (χ1v) is 13.1. The molecule has 0 unspecified atom stereocenters. The van der Waals surface area contributed by atoms with Gasteiger partial charge in [0.1, 0.15) is 0 Å². The summed E-state index contributed by atoms with van der Waals surface area (Å²) in [4.78, 5) is 10.3. The van der Waals surface area contributed by atoms with Gasteiger partial charge in [0.2, 0.25) is 5.95 Å². The third-order valence-electron chi connectivity index (χ3n) is 7.08. The van der Waals surface area contributed by atoms with E-state index in [1.807, 2.05) is 12.1 Å². The lowest BCUT2D eigenvalue weighted by molar-refractivity contribution is 1.02. The van der Waals surface area contributed by atoms with Crippen LogP contribution in [0.1, 0.15) is 0 Å². The van der Waals surface area contributed by atoms with Gasteiger partial charge in [-0.25, -0.2) is 9.97 Å². The van der Waals surface area contributed by atoms with Gasteiger partial charge in [-0.3, -0.25) is 4.57 Å². The van der Waals surface area contributed by atoms with Crippen molar-refractivity contribution < 1.29 is 0 Å². The highest BCUT2D eigenvalue weighted by atomic mass is 32.1. The Kier molecular flexibility index (Phi) is 4.36. The van der Waals surface area contributed by atoms with Crippen molar-refractivity contribution in [1.82, 2.24) is 19.1 Å². The molecule has 0 fully saturated rings. The van der Waals surface area contributed by atoms with Crippen molar-refractivity contribution in [1.29, 1.82) is 0 Å². The lowest BCUT2D eigenvalue weighted by atomic mass is 10.1. The molecule has 37 heavy (non-hydrogen) atoms. The molecule has 4 aromatic heterocycles. The average molecular weight is 493 g/mol. The van der Waals surface area contributed by atoms with Gasteiger partial charge in [0.05, 0.1) is 32.5 Å². The average Bonchev–Trinajstić information content (AvgIpc) is 3.69. The SMILES string of the molecule is c1ccc(-c2nc(-n3c4ccccc4c4ccc5c(ccn5-c5ccccc5)c43)nc3ccsc23)cc1. The minimum Gasteiger partial charge on any atom is -0.316 e. The van der Waals surface area contributed by atoms with Crippen molar-refractivity contribution in [2.75, 3.05) is 0 Å². The monoisotopic (exact) mass is 492 g/mol. The van der Waals surface area contributed by atoms with E-state index < -0.39 is 0 Å². The van der Waals surface area contributed by atoms with Gasteiger partial charge in [-0.1, -0.05) is 72.8 Å². The van der Waals surface area contributed by atoms with Crippen molar-refractivity contribution in [2.45, 2.75) is 0 Å². The van der Waals surface area contributed by atoms with Gasteiger partial charge in [-0.05, 0) is 41.8 Å². The van der Waals surface area contributed by atoms with Gasteiger partial charge >= 0.3 is 0 Å². The van der Waals surface area contributed by atoms with E-state index in [9.17, 15) is 0 Å². The van der Waals surface area contributed by atoms with Gasteiger partial charge < -0.3 is 4.57 Å². The van der Waals surface area contributed by atoms with Crippen molar-refractivity contribution in [2.24, 2.45) is 0 Å². The second kappa shape index (κ2) is 7.88. The summed E-state index contributed by atoms with van der Waals surface area (Å²) in [5, 5.41) is 5.67. The van der Waals surface area contributed by atoms with E-state index in [1.54, 1.807) is 11.3 Å². The van der Waals surface area contributed by atoms with Crippen LogP contribution in [-0.4, -0.2) is 19.1 Å². The molecular formula is C32H20N4S. The number of rotatable bonds is 3. The Balaban J connectivity index is 1.50. The van der Waals surface area contributed by atoms with Crippen LogP contribution in [0.4, 0.5) is 0 Å². The fourth-order valence-corrected chi connectivity index (χ4v) is 6.28. The summed E-state index contributed by atoms with van der Waals surface area (Å²) in [5.74, 6) is 0.691. The van der Waals surface area contributed by atoms with Crippen LogP contribution < -0.4 is 0 Å². The van der Waals surface area contributed by atoms with Crippen molar-refractivity contribution >= 4 is 54.3 Å². The van der Waals surface area contributed by atoms with E-state index in [2.05, 4.69) is 118 Å². The van der Waals surface area contributed by atoms with Crippen molar-refractivity contribution in [3.8, 4) is 22.9 Å². The maximum absolute atomic E-state index is 5.21. The van der Waals surface area contributed by atoms with Crippen molar-refractivity contribution in [3.63, 3.8) is 0 Å². The first-order chi connectivity index (χ1) is 18.4. The molecule has 0 saturated carbocycles. The van der Waals surface area contributed by atoms with Crippen LogP contribution in [0, 0.1) is 0 Å². The molecule has 5 heteroatoms. The summed E-state index contributed by atoms with van der Waals surface area (Å²) >= 11 is 1.69. The molecule has 0 atom stereocenters. The van der Waals surface area contributed by atoms with Crippen LogP contribution in [0.15, 0.2) is 121 Å². The first kappa shape index (κ1) is 20.5. The molecule has 174 valence electrons. The van der Waals surface area contributed by atoms with Gasteiger partial charge in [0, 0.05) is 33.6 Å². The van der Waals surface area contributed by atoms with Crippen LogP contribution in [-0.2, 0) is 0 Å². The molecule has 8 rings (SSSR count). The lowest BCUT2D eigenvalue weighted by Gasteiger charge is -2.11. The third kappa shape index (κ3) is 3.01. The van der Waals surface area contributed by atoms with E-state index in [4.69, 9.17) is 9.97 Å². The lowest BCUT2D eigenvalue weighted by Crippen LogP contribution is -2.02. The largest absolute Gasteiger partial charge is 0.316 e. The molecule has 4 heterocycles. The Morgan fingerprint density at radius 1 is 0.595 bits per heavy atom. The summed E-state index contributed by atoms with van der Waals surface area (Å²) < 4.78 is 5.59. The molecule has 0 spiro atoms. The predicted octanol–water partition coefficient (Wildman–Crippen LogP) is 8.40. The highest BCUT2D eigenvalue weighted by Gasteiger charge is 2.20. The highest BCUT2D eigenvalue weighted by molar-refractivity contribution is 7.17. The van der Waals surface area contributed by atoms with E-state index in [0.29, 0.717) is 5.95 Å². The van der Waals surface area contributed by atoms with Gasteiger partial charge in [-0.2, -0.15) is 0 Å². The van der Waals surface area contributed by atoms with Crippen LogP contribution >= 0.6 is 11.3 Å². The molecule has 4 aromatic carbocycles. The smallest absolute Gasteiger partial charge is 0.235 e. The van der Waals surface area contributed by atoms with Gasteiger partial charge in [-0.15, -0.1) is 11.3 Å². The zero-order chi connectivity index (χ0) is 24.3. The summed E-state index contributed by atoms with van der Waals surface area (Å²) in [6.45, 7) is 0. The number of para-hydroxylation sites is 2. The minimum absolute atomic E-state index is 0.691. The standard InChI is InChI=1S/C32H20N4S/c1-3-9-21(10-4-1)29-31-26(18-20-37-31)33-32(34-29)36-28-14-8-7-13-23(28)24-15-16-27-25(30(24)36)17-19-35(27)22-11-5-2-6-12-22/h1-20H. The van der Waals surface area contributed by atoms with Crippen LogP contribution in [0.5, 0.6) is 0 Å². The normalized spacial score (nSPS) is 11.8. The molecule has 0 aliphatic heterocycles. The number of benzene rings is 4. The third-order valence-corrected chi connectivity index (χ3v) is 7.99. The Bertz CT molecular complexity index is 2080. The summed E-state index contributed by atoms with van der Waals surface area (Å²) in [6.07, 6.45) is 2.15. The van der Waals surface area contributed by atoms with Crippen LogP contribution in [0.2, 0.25) is 0 Å². The Hall–Kier alpha value is -4.74. The first-order valence-electron chi connectivity index (χ1n) is 12.3. The number of aromatic nitrogens is 4. The molecule has 4 nitrogen and oxygen atoms in total. The molecular weight excluding hydrogens is 472 g/mol. The fraction of sp³-hybridized carbons (Fsp3) is 0. The quantitative estimate of drug-likeness (QED) is 0.248. The van der Waals surface area contributed by atoms with Crippen LogP contribution in [0.25, 0.3) is 65.8 Å². The van der Waals surface area contributed by atoms with Crippen molar-refractivity contribution in [3.05, 3.63) is 121 Å². The molecule has 8 aromatic rings. The van der Waals surface area contributed by atoms with E-state index in [-0.39, 0.29) is 0 Å². The van der Waals surface area contributed by atoms with E-state index in [1.165, 1.54) is 16.2 Å². The topological polar surface area (TPSA) is 35.6 Å². The highest BCUT2D eigenvalue weighted by Crippen LogP contribution is 2.38. The van der Waals surface area contributed by atoms with E-state index in [0.717, 1.165) is 43.7 Å². The second-order valence-electron chi connectivity index (χ2n) is 9.14. The number of hydrogen-bond acceptors (Lipinski definition) is 3. The molecule has 0 bridgehead atoms. The predicted molar refractivity (Wildman–Crippen MR) is 154 cm³/mol. The Morgan fingerprint density at radius 3 is 2.24 bits per heavy atom. The molecule has 0 N–H and O–H groups in total. The molecule has 0 aliphatic rings. The molecule has 0 saturated heterocycles. The molecule has 0 radical (unpaired) electrons. The van der Waals surface area contributed by atoms with Gasteiger partial charge in [0.15, 0.2) is 0 Å². The van der Waals surface area contributed by atoms with Gasteiger partial charge in [0.25, 0.3) is 0 Å². The zero-order valence-corrected chi connectivity index (χ0v) is 20.6. The van der Waals surface area contributed by atoms with E-state index >= 15 is 0 Å². The maximum Gasteiger partial charge on any atom is 0.235 e. The number of fused-ring (bicyclic) bond motifs is 6. The second-order valence-corrected chi connectivity index (χ2v) is 10.1. The molecule has 0 amide bonds. The summed E-state index contributed by atoms with van der Waals surface area (Å²) in [6, 6.07) is 38.2. The zero-order valence-electron chi connectivity index (χ0n) is 19.7. The number of nitrogens with zero attached hydrogens (tertiary/aromatic N) is 4.